The van der Waals surface area contributed by atoms with Crippen LogP contribution in [0.2, 0.25) is 0 Å². The van der Waals surface area contributed by atoms with Crippen LogP contribution in [0.15, 0.2) is 47.3 Å². The number of anilines is 1. The second-order valence-electron chi connectivity index (χ2n) is 5.95. The Morgan fingerprint density at radius 3 is 2.54 bits per heavy atom. The number of fused-ring (bicyclic) bond motifs is 1. The Bertz CT molecular complexity index is 1020. The first kappa shape index (κ1) is 17.5. The number of ether oxygens (including phenoxy) is 2. The summed E-state index contributed by atoms with van der Waals surface area (Å²) in [5, 5.41) is 3.72. The maximum atomic E-state index is 12.2. The van der Waals surface area contributed by atoms with Gasteiger partial charge in [-0.1, -0.05) is 18.2 Å². The molecule has 0 unspecified atom stereocenters. The standard InChI is InChI=1S/C20H20N2O4/c1-12-13(2)20(24)22-16-10-14(8-9-15(12)16)21-19(23)11-26-18-7-5-4-6-17(18)25-3/h4-10H,11H2,1-3H3,(H,21,23)(H,22,24). The Hall–Kier alpha value is -3.28. The molecule has 0 fully saturated rings. The number of para-hydroxylation sites is 2. The van der Waals surface area contributed by atoms with Gasteiger partial charge in [0.2, 0.25) is 0 Å². The monoisotopic (exact) mass is 352 g/mol. The molecule has 2 aromatic carbocycles. The number of hydrogen-bond donors (Lipinski definition) is 2. The Morgan fingerprint density at radius 2 is 1.81 bits per heavy atom. The molecule has 134 valence electrons. The predicted molar refractivity (Wildman–Crippen MR) is 101 cm³/mol. The van der Waals surface area contributed by atoms with Gasteiger partial charge < -0.3 is 19.8 Å². The highest BCUT2D eigenvalue weighted by atomic mass is 16.5. The third kappa shape index (κ3) is 3.54. The van der Waals surface area contributed by atoms with Crippen molar-refractivity contribution < 1.29 is 14.3 Å². The summed E-state index contributed by atoms with van der Waals surface area (Å²) in [4.78, 5) is 26.9. The minimum Gasteiger partial charge on any atom is -0.493 e. The number of hydrogen-bond acceptors (Lipinski definition) is 4. The SMILES string of the molecule is COc1ccccc1OCC(=O)Nc1ccc2c(C)c(C)c(=O)[nH]c2c1. The van der Waals surface area contributed by atoms with Crippen LogP contribution in [0.25, 0.3) is 10.9 Å². The van der Waals surface area contributed by atoms with Crippen LogP contribution >= 0.6 is 0 Å². The fourth-order valence-corrected chi connectivity index (χ4v) is 2.72. The van der Waals surface area contributed by atoms with Crippen molar-refractivity contribution in [2.24, 2.45) is 0 Å². The van der Waals surface area contributed by atoms with Crippen LogP contribution in [-0.4, -0.2) is 24.6 Å². The molecule has 0 aliphatic carbocycles. The van der Waals surface area contributed by atoms with Crippen molar-refractivity contribution in [3.63, 3.8) is 0 Å². The Morgan fingerprint density at radius 1 is 1.08 bits per heavy atom. The number of pyridine rings is 1. The first-order chi connectivity index (χ1) is 12.5. The van der Waals surface area contributed by atoms with E-state index in [2.05, 4.69) is 10.3 Å². The Kier molecular flexibility index (Phi) is 4.93. The van der Waals surface area contributed by atoms with E-state index in [1.54, 1.807) is 44.4 Å². The smallest absolute Gasteiger partial charge is 0.262 e. The van der Waals surface area contributed by atoms with E-state index >= 15 is 0 Å². The number of aromatic nitrogens is 1. The van der Waals surface area contributed by atoms with Crippen molar-refractivity contribution in [1.29, 1.82) is 0 Å². The molecule has 0 saturated heterocycles. The first-order valence-corrected chi connectivity index (χ1v) is 8.18. The molecule has 1 aromatic heterocycles. The fraction of sp³-hybridized carbons (Fsp3) is 0.200. The number of rotatable bonds is 5. The van der Waals surface area contributed by atoms with Crippen molar-refractivity contribution in [2.45, 2.75) is 13.8 Å². The van der Waals surface area contributed by atoms with Crippen LogP contribution in [0.4, 0.5) is 5.69 Å². The maximum absolute atomic E-state index is 12.2. The molecule has 1 heterocycles. The zero-order valence-corrected chi connectivity index (χ0v) is 14.9. The minimum atomic E-state index is -0.304. The number of carbonyl (C=O) groups is 1. The number of nitrogens with one attached hydrogen (secondary N) is 2. The van der Waals surface area contributed by atoms with Crippen LogP contribution in [0.5, 0.6) is 11.5 Å². The molecule has 6 heteroatoms. The summed E-state index contributed by atoms with van der Waals surface area (Å²) >= 11 is 0. The second-order valence-corrected chi connectivity index (χ2v) is 5.95. The van der Waals surface area contributed by atoms with Gasteiger partial charge in [0, 0.05) is 16.6 Å². The summed E-state index contributed by atoms with van der Waals surface area (Å²) < 4.78 is 10.7. The lowest BCUT2D eigenvalue weighted by atomic mass is 10.1. The molecule has 3 aromatic rings. The number of aromatic amines is 1. The molecule has 26 heavy (non-hydrogen) atoms. The lowest BCUT2D eigenvalue weighted by molar-refractivity contribution is -0.118. The van der Waals surface area contributed by atoms with Gasteiger partial charge in [0.25, 0.3) is 11.5 Å². The lowest BCUT2D eigenvalue weighted by Crippen LogP contribution is -2.20. The summed E-state index contributed by atoms with van der Waals surface area (Å²) in [7, 11) is 1.54. The van der Waals surface area contributed by atoms with Gasteiger partial charge in [-0.3, -0.25) is 9.59 Å². The van der Waals surface area contributed by atoms with E-state index in [0.29, 0.717) is 28.3 Å². The van der Waals surface area contributed by atoms with Gasteiger partial charge >= 0.3 is 0 Å². The highest BCUT2D eigenvalue weighted by molar-refractivity contribution is 5.95. The molecular formula is C20H20N2O4. The molecule has 0 saturated carbocycles. The molecule has 0 spiro atoms. The van der Waals surface area contributed by atoms with Crippen LogP contribution in [-0.2, 0) is 4.79 Å². The highest BCUT2D eigenvalue weighted by Gasteiger charge is 2.09. The third-order valence-electron chi connectivity index (χ3n) is 4.29. The zero-order chi connectivity index (χ0) is 18.7. The first-order valence-electron chi connectivity index (χ1n) is 8.18. The molecular weight excluding hydrogens is 332 g/mol. The molecule has 3 rings (SSSR count). The molecule has 0 aliphatic heterocycles. The summed E-state index contributed by atoms with van der Waals surface area (Å²) in [6.45, 7) is 3.55. The highest BCUT2D eigenvalue weighted by Crippen LogP contribution is 2.26. The van der Waals surface area contributed by atoms with Gasteiger partial charge in [-0.15, -0.1) is 0 Å². The van der Waals surface area contributed by atoms with Gasteiger partial charge in [0.05, 0.1) is 12.6 Å². The van der Waals surface area contributed by atoms with Gasteiger partial charge in [-0.05, 0) is 43.7 Å². The third-order valence-corrected chi connectivity index (χ3v) is 4.29. The average molecular weight is 352 g/mol. The molecule has 0 radical (unpaired) electrons. The largest absolute Gasteiger partial charge is 0.493 e. The van der Waals surface area contributed by atoms with E-state index in [0.717, 1.165) is 10.9 Å². The molecule has 0 atom stereocenters. The molecule has 6 nitrogen and oxygen atoms in total. The second kappa shape index (κ2) is 7.31. The number of aryl methyl sites for hydroxylation is 1. The number of H-pyrrole nitrogens is 1. The van der Waals surface area contributed by atoms with Crippen LogP contribution < -0.4 is 20.3 Å². The van der Waals surface area contributed by atoms with E-state index in [4.69, 9.17) is 9.47 Å². The van der Waals surface area contributed by atoms with Crippen molar-refractivity contribution >= 4 is 22.5 Å². The number of benzene rings is 2. The van der Waals surface area contributed by atoms with Crippen molar-refractivity contribution in [3.8, 4) is 11.5 Å². The molecule has 1 amide bonds. The van der Waals surface area contributed by atoms with Gasteiger partial charge in [0.15, 0.2) is 18.1 Å². The summed E-state index contributed by atoms with van der Waals surface area (Å²) in [6.07, 6.45) is 0. The Balaban J connectivity index is 1.73. The van der Waals surface area contributed by atoms with Gasteiger partial charge in [-0.2, -0.15) is 0 Å². The average Bonchev–Trinajstić information content (AvgIpc) is 2.64. The fourth-order valence-electron chi connectivity index (χ4n) is 2.72. The van der Waals surface area contributed by atoms with Crippen LogP contribution in [0.3, 0.4) is 0 Å². The number of methoxy groups -OCH3 is 1. The quantitative estimate of drug-likeness (QED) is 0.739. The van der Waals surface area contributed by atoms with E-state index in [-0.39, 0.29) is 18.1 Å². The van der Waals surface area contributed by atoms with E-state index in [1.807, 2.05) is 19.1 Å². The predicted octanol–water partition coefficient (Wildman–Crippen LogP) is 3.17. The van der Waals surface area contributed by atoms with E-state index in [9.17, 15) is 9.59 Å². The Labute approximate surface area is 150 Å². The summed E-state index contributed by atoms with van der Waals surface area (Å²) in [5.74, 6) is 0.759. The van der Waals surface area contributed by atoms with Gasteiger partial charge in [-0.25, -0.2) is 0 Å². The van der Waals surface area contributed by atoms with Crippen LogP contribution in [0, 0.1) is 13.8 Å². The zero-order valence-electron chi connectivity index (χ0n) is 14.9. The normalized spacial score (nSPS) is 10.6. The van der Waals surface area contributed by atoms with E-state index in [1.165, 1.54) is 0 Å². The van der Waals surface area contributed by atoms with Crippen molar-refractivity contribution in [1.82, 2.24) is 4.98 Å². The molecule has 2 N–H and O–H groups in total. The molecule has 0 aliphatic rings. The lowest BCUT2D eigenvalue weighted by Gasteiger charge is -2.11. The van der Waals surface area contributed by atoms with Crippen molar-refractivity contribution in [2.75, 3.05) is 19.0 Å². The van der Waals surface area contributed by atoms with Crippen LogP contribution in [0.1, 0.15) is 11.1 Å². The number of amides is 1. The number of carbonyl (C=O) groups excluding carboxylic acids is 1. The van der Waals surface area contributed by atoms with E-state index < -0.39 is 0 Å². The topological polar surface area (TPSA) is 80.4 Å². The molecule has 0 bridgehead atoms. The summed E-state index contributed by atoms with van der Waals surface area (Å²) in [5.41, 5.74) is 2.77. The summed E-state index contributed by atoms with van der Waals surface area (Å²) in [6, 6.07) is 12.5. The van der Waals surface area contributed by atoms with Crippen molar-refractivity contribution in [3.05, 3.63) is 63.9 Å². The maximum Gasteiger partial charge on any atom is 0.262 e. The van der Waals surface area contributed by atoms with Gasteiger partial charge in [0.1, 0.15) is 0 Å². The minimum absolute atomic E-state index is 0.127.